The van der Waals surface area contributed by atoms with E-state index in [0.29, 0.717) is 5.69 Å². The minimum Gasteiger partial charge on any atom is -0.325 e. The van der Waals surface area contributed by atoms with Crippen molar-refractivity contribution in [2.75, 3.05) is 25.0 Å². The Balaban J connectivity index is 1.80. The van der Waals surface area contributed by atoms with Crippen LogP contribution in [0, 0.1) is 11.7 Å². The normalized spacial score (nSPS) is 16.9. The van der Waals surface area contributed by atoms with Crippen molar-refractivity contribution in [3.8, 4) is 0 Å². The lowest BCUT2D eigenvalue weighted by molar-refractivity contribution is -0.122. The molecule has 0 unspecified atom stereocenters. The molecule has 0 spiro atoms. The number of carbonyl (C=O) groups is 2. The maximum absolute atomic E-state index is 13.0. The Bertz CT molecular complexity index is 496. The Kier molecular flexibility index (Phi) is 4.84. The Morgan fingerprint density at radius 1 is 1.35 bits per heavy atom. The van der Waals surface area contributed by atoms with E-state index >= 15 is 0 Å². The van der Waals surface area contributed by atoms with E-state index in [-0.39, 0.29) is 30.0 Å². The van der Waals surface area contributed by atoms with Gasteiger partial charge in [0.2, 0.25) is 5.91 Å². The first kappa shape index (κ1) is 14.7. The summed E-state index contributed by atoms with van der Waals surface area (Å²) in [7, 11) is 0. The van der Waals surface area contributed by atoms with Gasteiger partial charge in [0.1, 0.15) is 11.6 Å². The molecule has 1 N–H and O–H groups in total. The summed E-state index contributed by atoms with van der Waals surface area (Å²) in [6.45, 7) is 3.40. The Labute approximate surface area is 118 Å². The van der Waals surface area contributed by atoms with Crippen LogP contribution >= 0.6 is 0 Å². The number of nitrogens with one attached hydrogen (secondary N) is 1. The molecule has 4 nitrogen and oxygen atoms in total. The van der Waals surface area contributed by atoms with Crippen LogP contribution in [0.4, 0.5) is 10.1 Å². The Hall–Kier alpha value is -1.75. The highest BCUT2D eigenvalue weighted by molar-refractivity contribution is 5.92. The number of anilines is 1. The second-order valence-electron chi connectivity index (χ2n) is 5.22. The zero-order valence-electron chi connectivity index (χ0n) is 11.6. The van der Waals surface area contributed by atoms with Gasteiger partial charge in [-0.15, -0.1) is 0 Å². The fraction of sp³-hybridized carbons (Fsp3) is 0.467. The number of rotatable bonds is 4. The fourth-order valence-electron chi connectivity index (χ4n) is 2.47. The molecule has 0 bridgehead atoms. The fourth-order valence-corrected chi connectivity index (χ4v) is 2.47. The van der Waals surface area contributed by atoms with E-state index in [1.54, 1.807) is 19.1 Å². The van der Waals surface area contributed by atoms with Gasteiger partial charge in [0.25, 0.3) is 0 Å². The number of hydrogen-bond donors (Lipinski definition) is 1. The summed E-state index contributed by atoms with van der Waals surface area (Å²) < 4.78 is 13.0. The second-order valence-corrected chi connectivity index (χ2v) is 5.22. The zero-order valence-corrected chi connectivity index (χ0v) is 11.6. The minimum absolute atomic E-state index is 0.137. The molecule has 108 valence electrons. The number of amides is 1. The van der Waals surface area contributed by atoms with E-state index in [9.17, 15) is 14.0 Å². The highest BCUT2D eigenvalue weighted by Gasteiger charge is 2.23. The lowest BCUT2D eigenvalue weighted by Crippen LogP contribution is -2.40. The van der Waals surface area contributed by atoms with E-state index < -0.39 is 0 Å². The summed E-state index contributed by atoms with van der Waals surface area (Å²) in [5.74, 6) is -0.159. The molecule has 1 fully saturated rings. The molecule has 2 rings (SSSR count). The summed E-state index contributed by atoms with van der Waals surface area (Å²) in [6, 6.07) is 5.84. The van der Waals surface area contributed by atoms with Crippen LogP contribution in [0.1, 0.15) is 19.8 Å². The van der Waals surface area contributed by atoms with E-state index in [1.165, 1.54) is 12.1 Å². The molecule has 0 atom stereocenters. The van der Waals surface area contributed by atoms with Gasteiger partial charge in [0, 0.05) is 11.6 Å². The van der Waals surface area contributed by atoms with E-state index in [1.807, 2.05) is 4.90 Å². The quantitative estimate of drug-likeness (QED) is 0.917. The van der Waals surface area contributed by atoms with Crippen molar-refractivity contribution in [1.29, 1.82) is 0 Å². The summed E-state index contributed by atoms with van der Waals surface area (Å²) >= 11 is 0. The van der Waals surface area contributed by atoms with Crippen LogP contribution in [-0.2, 0) is 9.59 Å². The van der Waals surface area contributed by atoms with Gasteiger partial charge >= 0.3 is 0 Å². The predicted octanol–water partition coefficient (Wildman–Crippen LogP) is 2.07. The first-order chi connectivity index (χ1) is 9.54. The maximum atomic E-state index is 13.0. The van der Waals surface area contributed by atoms with Crippen molar-refractivity contribution in [2.45, 2.75) is 19.8 Å². The van der Waals surface area contributed by atoms with Crippen LogP contribution in [0.3, 0.4) is 0 Å². The summed E-state index contributed by atoms with van der Waals surface area (Å²) in [4.78, 5) is 25.2. The molecule has 5 heteroatoms. The van der Waals surface area contributed by atoms with Gasteiger partial charge in [0.05, 0.1) is 6.54 Å². The predicted molar refractivity (Wildman–Crippen MR) is 74.9 cm³/mol. The van der Waals surface area contributed by atoms with Crippen molar-refractivity contribution in [3.63, 3.8) is 0 Å². The first-order valence-corrected chi connectivity index (χ1v) is 6.83. The molecule has 1 heterocycles. The highest BCUT2D eigenvalue weighted by atomic mass is 19.1. The first-order valence-electron chi connectivity index (χ1n) is 6.83. The molecule has 1 aliphatic heterocycles. The number of nitrogens with zero attached hydrogens (tertiary/aromatic N) is 1. The van der Waals surface area contributed by atoms with Crippen LogP contribution in [-0.4, -0.2) is 36.2 Å². The van der Waals surface area contributed by atoms with E-state index in [4.69, 9.17) is 0 Å². The number of likely N-dealkylation sites (tertiary alicyclic amines) is 1. The van der Waals surface area contributed by atoms with Crippen LogP contribution < -0.4 is 5.32 Å². The molecule has 0 aromatic heterocycles. The van der Waals surface area contributed by atoms with Crippen LogP contribution in [0.25, 0.3) is 0 Å². The van der Waals surface area contributed by atoms with Crippen molar-refractivity contribution in [1.82, 2.24) is 4.90 Å². The zero-order chi connectivity index (χ0) is 14.5. The number of hydrogen-bond acceptors (Lipinski definition) is 3. The van der Waals surface area contributed by atoms with Crippen molar-refractivity contribution < 1.29 is 14.0 Å². The lowest BCUT2D eigenvalue weighted by atomic mass is 9.93. The molecule has 1 aliphatic rings. The minimum atomic E-state index is -0.370. The molecule has 0 aliphatic carbocycles. The van der Waals surface area contributed by atoms with Gasteiger partial charge in [-0.05, 0) is 51.1 Å². The third kappa shape index (κ3) is 4.13. The number of piperidine rings is 1. The molecule has 0 saturated carbocycles. The number of benzene rings is 1. The standard InChI is InChI=1S/C15H19FN2O2/c1-11(19)12-5-7-18(8-6-12)10-15(20)17-14-4-2-3-13(16)9-14/h2-4,9,12H,5-8,10H2,1H3,(H,17,20). The van der Waals surface area contributed by atoms with Crippen LogP contribution in [0.5, 0.6) is 0 Å². The Morgan fingerprint density at radius 2 is 2.05 bits per heavy atom. The largest absolute Gasteiger partial charge is 0.325 e. The maximum Gasteiger partial charge on any atom is 0.238 e. The average Bonchev–Trinajstić information content (AvgIpc) is 2.39. The Morgan fingerprint density at radius 3 is 2.65 bits per heavy atom. The molecule has 1 aromatic rings. The van der Waals surface area contributed by atoms with Gasteiger partial charge in [-0.25, -0.2) is 4.39 Å². The topological polar surface area (TPSA) is 49.4 Å². The van der Waals surface area contributed by atoms with Gasteiger partial charge in [-0.3, -0.25) is 14.5 Å². The average molecular weight is 278 g/mol. The van der Waals surface area contributed by atoms with Gasteiger partial charge in [0.15, 0.2) is 0 Å². The monoisotopic (exact) mass is 278 g/mol. The molecular weight excluding hydrogens is 259 g/mol. The number of halogens is 1. The van der Waals surface area contributed by atoms with Gasteiger partial charge < -0.3 is 5.32 Å². The smallest absolute Gasteiger partial charge is 0.238 e. The second kappa shape index (κ2) is 6.61. The van der Waals surface area contributed by atoms with Crippen LogP contribution in [0.2, 0.25) is 0 Å². The third-order valence-corrected chi connectivity index (χ3v) is 3.64. The molecule has 0 radical (unpaired) electrons. The lowest BCUT2D eigenvalue weighted by Gasteiger charge is -2.30. The summed E-state index contributed by atoms with van der Waals surface area (Å²) in [5.41, 5.74) is 0.466. The van der Waals surface area contributed by atoms with Crippen molar-refractivity contribution >= 4 is 17.4 Å². The molecular formula is C15H19FN2O2. The number of ketones is 1. The molecule has 20 heavy (non-hydrogen) atoms. The molecule has 1 aromatic carbocycles. The third-order valence-electron chi connectivity index (χ3n) is 3.64. The highest BCUT2D eigenvalue weighted by Crippen LogP contribution is 2.17. The number of carbonyl (C=O) groups excluding carboxylic acids is 2. The van der Waals surface area contributed by atoms with Crippen LogP contribution in [0.15, 0.2) is 24.3 Å². The molecule has 1 amide bonds. The van der Waals surface area contributed by atoms with E-state index in [0.717, 1.165) is 25.9 Å². The summed E-state index contributed by atoms with van der Waals surface area (Å²) in [5, 5.41) is 2.68. The molecule has 1 saturated heterocycles. The SMILES string of the molecule is CC(=O)C1CCN(CC(=O)Nc2cccc(F)c2)CC1. The van der Waals surface area contributed by atoms with Crippen molar-refractivity contribution in [2.24, 2.45) is 5.92 Å². The van der Waals surface area contributed by atoms with Gasteiger partial charge in [-0.2, -0.15) is 0 Å². The van der Waals surface area contributed by atoms with E-state index in [2.05, 4.69) is 5.32 Å². The van der Waals surface area contributed by atoms with Crippen molar-refractivity contribution in [3.05, 3.63) is 30.1 Å². The number of Topliss-reactive ketones (excluding diaryl/α,β-unsaturated/α-hetero) is 1. The van der Waals surface area contributed by atoms with Gasteiger partial charge in [-0.1, -0.05) is 6.07 Å². The summed E-state index contributed by atoms with van der Waals surface area (Å²) in [6.07, 6.45) is 1.62.